The lowest BCUT2D eigenvalue weighted by Crippen LogP contribution is -2.37. The quantitative estimate of drug-likeness (QED) is 0.710. The van der Waals surface area contributed by atoms with Gasteiger partial charge in [0.1, 0.15) is 0 Å². The van der Waals surface area contributed by atoms with Crippen molar-refractivity contribution in [3.63, 3.8) is 0 Å². The molecule has 0 saturated heterocycles. The number of ether oxygens (including phenoxy) is 2. The second kappa shape index (κ2) is 9.12. The normalized spacial score (nSPS) is 11.7. The van der Waals surface area contributed by atoms with E-state index < -0.39 is 0 Å². The van der Waals surface area contributed by atoms with Crippen molar-refractivity contribution in [2.45, 2.75) is 32.7 Å². The Morgan fingerprint density at radius 3 is 2.62 bits per heavy atom. The standard InChI is InChI=1S/C19H28N4O3/c1-13(16-12-21-23(3)14(16)2)22-19(24)20-10-6-7-15-8-9-17(25-4)18(11-15)26-5/h8-9,11-13H,6-7,10H2,1-5H3,(H2,20,22,24)/t13-/m1/s1. The maximum atomic E-state index is 12.1. The molecule has 0 unspecified atom stereocenters. The van der Waals surface area contributed by atoms with Crippen LogP contribution in [0, 0.1) is 6.92 Å². The van der Waals surface area contributed by atoms with Crippen LogP contribution >= 0.6 is 0 Å². The van der Waals surface area contributed by atoms with E-state index in [4.69, 9.17) is 9.47 Å². The fourth-order valence-corrected chi connectivity index (χ4v) is 2.80. The summed E-state index contributed by atoms with van der Waals surface area (Å²) in [5.41, 5.74) is 3.21. The molecule has 2 aromatic rings. The number of aryl methyl sites for hydroxylation is 2. The molecule has 142 valence electrons. The van der Waals surface area contributed by atoms with Gasteiger partial charge in [-0.1, -0.05) is 6.07 Å². The zero-order valence-electron chi connectivity index (χ0n) is 16.1. The summed E-state index contributed by atoms with van der Waals surface area (Å²) in [7, 11) is 5.13. The number of aromatic nitrogens is 2. The largest absolute Gasteiger partial charge is 0.493 e. The maximum absolute atomic E-state index is 12.1. The van der Waals surface area contributed by atoms with Gasteiger partial charge >= 0.3 is 6.03 Å². The van der Waals surface area contributed by atoms with Crippen LogP contribution in [0.2, 0.25) is 0 Å². The SMILES string of the molecule is COc1ccc(CCCNC(=O)N[C@H](C)c2cnn(C)c2C)cc1OC. The lowest BCUT2D eigenvalue weighted by Gasteiger charge is -2.14. The van der Waals surface area contributed by atoms with Gasteiger partial charge in [-0.2, -0.15) is 5.10 Å². The van der Waals surface area contributed by atoms with Crippen LogP contribution in [0.5, 0.6) is 11.5 Å². The molecule has 1 heterocycles. The Hall–Kier alpha value is -2.70. The molecule has 2 amide bonds. The topological polar surface area (TPSA) is 77.4 Å². The van der Waals surface area contributed by atoms with Crippen molar-refractivity contribution < 1.29 is 14.3 Å². The summed E-state index contributed by atoms with van der Waals surface area (Å²) in [6, 6.07) is 5.61. The highest BCUT2D eigenvalue weighted by Gasteiger charge is 2.14. The number of benzene rings is 1. The van der Waals surface area contributed by atoms with Crippen molar-refractivity contribution in [3.05, 3.63) is 41.2 Å². The Morgan fingerprint density at radius 1 is 1.27 bits per heavy atom. The molecule has 7 nitrogen and oxygen atoms in total. The van der Waals surface area contributed by atoms with E-state index in [1.807, 2.05) is 39.1 Å². The van der Waals surface area contributed by atoms with Crippen LogP contribution in [-0.4, -0.2) is 36.6 Å². The third-order valence-electron chi connectivity index (χ3n) is 4.46. The van der Waals surface area contributed by atoms with Gasteiger partial charge < -0.3 is 20.1 Å². The predicted octanol–water partition coefficient (Wildman–Crippen LogP) is 2.74. The van der Waals surface area contributed by atoms with E-state index in [2.05, 4.69) is 15.7 Å². The van der Waals surface area contributed by atoms with E-state index in [1.54, 1.807) is 25.1 Å². The molecule has 7 heteroatoms. The fraction of sp³-hybridized carbons (Fsp3) is 0.474. The third-order valence-corrected chi connectivity index (χ3v) is 4.46. The molecule has 26 heavy (non-hydrogen) atoms. The van der Waals surface area contributed by atoms with Gasteiger partial charge in [-0.05, 0) is 44.4 Å². The number of hydrogen-bond donors (Lipinski definition) is 2. The van der Waals surface area contributed by atoms with Crippen LogP contribution in [0.1, 0.15) is 36.2 Å². The minimum atomic E-state index is -0.173. The monoisotopic (exact) mass is 360 g/mol. The fourth-order valence-electron chi connectivity index (χ4n) is 2.80. The average molecular weight is 360 g/mol. The summed E-state index contributed by atoms with van der Waals surface area (Å²) in [5.74, 6) is 1.44. The van der Waals surface area contributed by atoms with Gasteiger partial charge in [-0.3, -0.25) is 4.68 Å². The van der Waals surface area contributed by atoms with E-state index in [0.717, 1.165) is 35.4 Å². The van der Waals surface area contributed by atoms with Crippen LogP contribution in [0.3, 0.4) is 0 Å². The first-order chi connectivity index (χ1) is 12.5. The van der Waals surface area contributed by atoms with Crippen molar-refractivity contribution in [2.24, 2.45) is 7.05 Å². The van der Waals surface area contributed by atoms with Gasteiger partial charge in [0.25, 0.3) is 0 Å². The van der Waals surface area contributed by atoms with Gasteiger partial charge in [0.2, 0.25) is 0 Å². The highest BCUT2D eigenvalue weighted by atomic mass is 16.5. The van der Waals surface area contributed by atoms with Crippen molar-refractivity contribution in [2.75, 3.05) is 20.8 Å². The Balaban J connectivity index is 1.75. The van der Waals surface area contributed by atoms with Crippen molar-refractivity contribution in [1.82, 2.24) is 20.4 Å². The number of hydrogen-bond acceptors (Lipinski definition) is 4. The van der Waals surface area contributed by atoms with E-state index >= 15 is 0 Å². The number of amides is 2. The molecule has 2 N–H and O–H groups in total. The maximum Gasteiger partial charge on any atom is 0.315 e. The number of rotatable bonds is 8. The van der Waals surface area contributed by atoms with E-state index in [1.165, 1.54) is 0 Å². The first-order valence-electron chi connectivity index (χ1n) is 8.70. The molecule has 0 aliphatic carbocycles. The number of methoxy groups -OCH3 is 2. The van der Waals surface area contributed by atoms with Gasteiger partial charge in [0, 0.05) is 24.8 Å². The number of carbonyl (C=O) groups excluding carboxylic acids is 1. The molecule has 0 saturated carbocycles. The van der Waals surface area contributed by atoms with Crippen LogP contribution < -0.4 is 20.1 Å². The highest BCUT2D eigenvalue weighted by molar-refractivity contribution is 5.74. The van der Waals surface area contributed by atoms with Gasteiger partial charge in [0.15, 0.2) is 11.5 Å². The number of nitrogens with one attached hydrogen (secondary N) is 2. The minimum Gasteiger partial charge on any atom is -0.493 e. The Bertz CT molecular complexity index is 742. The Morgan fingerprint density at radius 2 is 2.00 bits per heavy atom. The molecular weight excluding hydrogens is 332 g/mol. The summed E-state index contributed by atoms with van der Waals surface area (Å²) in [5, 5.41) is 10.0. The molecule has 0 bridgehead atoms. The average Bonchev–Trinajstić information content (AvgIpc) is 2.97. The summed E-state index contributed by atoms with van der Waals surface area (Å²) < 4.78 is 12.3. The van der Waals surface area contributed by atoms with Crippen molar-refractivity contribution in [3.8, 4) is 11.5 Å². The Labute approximate surface area is 154 Å². The first kappa shape index (κ1) is 19.6. The molecule has 2 rings (SSSR count). The zero-order chi connectivity index (χ0) is 19.1. The van der Waals surface area contributed by atoms with Crippen LogP contribution in [0.4, 0.5) is 4.79 Å². The van der Waals surface area contributed by atoms with Crippen molar-refractivity contribution in [1.29, 1.82) is 0 Å². The molecule has 0 fully saturated rings. The molecule has 0 aliphatic heterocycles. The molecule has 0 aliphatic rings. The molecule has 1 aromatic carbocycles. The smallest absolute Gasteiger partial charge is 0.315 e. The number of urea groups is 1. The molecule has 0 spiro atoms. The second-order valence-electron chi connectivity index (χ2n) is 6.22. The first-order valence-corrected chi connectivity index (χ1v) is 8.70. The molecule has 1 aromatic heterocycles. The van der Waals surface area contributed by atoms with Crippen LogP contribution in [0.25, 0.3) is 0 Å². The van der Waals surface area contributed by atoms with E-state index in [9.17, 15) is 4.79 Å². The van der Waals surface area contributed by atoms with Gasteiger partial charge in [-0.15, -0.1) is 0 Å². The highest BCUT2D eigenvalue weighted by Crippen LogP contribution is 2.27. The summed E-state index contributed by atoms with van der Waals surface area (Å²) in [4.78, 5) is 12.1. The predicted molar refractivity (Wildman–Crippen MR) is 101 cm³/mol. The van der Waals surface area contributed by atoms with Gasteiger partial charge in [-0.25, -0.2) is 4.79 Å². The number of carbonyl (C=O) groups is 1. The van der Waals surface area contributed by atoms with E-state index in [-0.39, 0.29) is 12.1 Å². The minimum absolute atomic E-state index is 0.0884. The summed E-state index contributed by atoms with van der Waals surface area (Å²) >= 11 is 0. The lowest BCUT2D eigenvalue weighted by atomic mass is 10.1. The summed E-state index contributed by atoms with van der Waals surface area (Å²) in [6.45, 7) is 4.54. The zero-order valence-corrected chi connectivity index (χ0v) is 16.1. The van der Waals surface area contributed by atoms with E-state index in [0.29, 0.717) is 12.3 Å². The second-order valence-corrected chi connectivity index (χ2v) is 6.22. The summed E-state index contributed by atoms with van der Waals surface area (Å²) in [6.07, 6.45) is 3.47. The lowest BCUT2D eigenvalue weighted by molar-refractivity contribution is 0.238. The van der Waals surface area contributed by atoms with Gasteiger partial charge in [0.05, 0.1) is 26.5 Å². The molecule has 0 radical (unpaired) electrons. The molecular formula is C19H28N4O3. The van der Waals surface area contributed by atoms with Crippen LogP contribution in [-0.2, 0) is 13.5 Å². The Kier molecular flexibility index (Phi) is 6.89. The number of nitrogens with zero attached hydrogens (tertiary/aromatic N) is 2. The third kappa shape index (κ3) is 4.91. The van der Waals surface area contributed by atoms with Crippen LogP contribution in [0.15, 0.2) is 24.4 Å². The molecule has 1 atom stereocenters. The van der Waals surface area contributed by atoms with Crippen molar-refractivity contribution >= 4 is 6.03 Å².